The second-order valence-electron chi connectivity index (χ2n) is 9.19. The average molecular weight is 530 g/mol. The molecule has 5 rings (SSSR count). The van der Waals surface area contributed by atoms with Gasteiger partial charge in [0.2, 0.25) is 0 Å². The third kappa shape index (κ3) is 4.85. The van der Waals surface area contributed by atoms with Gasteiger partial charge in [-0.2, -0.15) is 0 Å². The van der Waals surface area contributed by atoms with E-state index >= 15 is 0 Å². The topological polar surface area (TPSA) is 111 Å². The number of benzene rings is 1. The molecule has 0 aliphatic carbocycles. The molecule has 0 bridgehead atoms. The molecule has 4 aromatic rings. The van der Waals surface area contributed by atoms with Gasteiger partial charge in [-0.05, 0) is 57.0 Å². The molecule has 1 amide bonds. The quantitative estimate of drug-likeness (QED) is 0.187. The van der Waals surface area contributed by atoms with Crippen molar-refractivity contribution >= 4 is 23.1 Å². The number of Topliss-reactive ketones (excluding diaryl/α,β-unsaturated/α-hetero) is 1. The van der Waals surface area contributed by atoms with E-state index in [-0.39, 0.29) is 11.3 Å². The minimum atomic E-state index is -0.823. The van der Waals surface area contributed by atoms with Gasteiger partial charge in [0.1, 0.15) is 11.3 Å². The van der Waals surface area contributed by atoms with Crippen LogP contribution in [0.1, 0.15) is 43.3 Å². The van der Waals surface area contributed by atoms with Gasteiger partial charge in [-0.15, -0.1) is 0 Å². The van der Waals surface area contributed by atoms with Crippen LogP contribution in [0.15, 0.2) is 66.9 Å². The van der Waals surface area contributed by atoms with Crippen LogP contribution >= 0.6 is 0 Å². The maximum atomic E-state index is 13.5. The Balaban J connectivity index is 1.63. The van der Waals surface area contributed by atoms with Crippen molar-refractivity contribution in [2.75, 3.05) is 19.8 Å². The zero-order chi connectivity index (χ0) is 27.5. The van der Waals surface area contributed by atoms with Gasteiger partial charge in [0.05, 0.1) is 36.8 Å². The second-order valence-corrected chi connectivity index (χ2v) is 9.19. The predicted octanol–water partition coefficient (Wildman–Crippen LogP) is 4.15. The Morgan fingerprint density at radius 2 is 1.82 bits per heavy atom. The fourth-order valence-electron chi connectivity index (χ4n) is 5.06. The highest BCUT2D eigenvalue weighted by Gasteiger charge is 2.46. The number of ether oxygens (including phenoxy) is 2. The molecular formula is C29H31N5O5. The molecule has 1 aliphatic rings. The molecule has 4 heterocycles. The Bertz CT molecular complexity index is 1540. The summed E-state index contributed by atoms with van der Waals surface area (Å²) in [7, 11) is 0. The van der Waals surface area contributed by atoms with Gasteiger partial charge in [0.25, 0.3) is 11.7 Å². The molecule has 1 saturated heterocycles. The SMILES string of the molecule is CCOc1ccc(C2/C(=C(\O)c3c(C)nc4ccccn34)C(=O)C(=O)N2CCCn2ccnc2)cc1OCC. The first-order valence-electron chi connectivity index (χ1n) is 13.0. The molecule has 1 aliphatic heterocycles. The summed E-state index contributed by atoms with van der Waals surface area (Å²) in [6.45, 7) is 7.32. The first kappa shape index (κ1) is 26.0. The molecule has 1 unspecified atom stereocenters. The summed E-state index contributed by atoms with van der Waals surface area (Å²) in [6, 6.07) is 10.0. The first-order chi connectivity index (χ1) is 18.9. The van der Waals surface area contributed by atoms with Crippen molar-refractivity contribution in [3.05, 3.63) is 83.8 Å². The highest BCUT2D eigenvalue weighted by molar-refractivity contribution is 6.46. The lowest BCUT2D eigenvalue weighted by Crippen LogP contribution is -2.31. The average Bonchev–Trinajstić information content (AvgIpc) is 3.62. The number of hydrogen-bond donors (Lipinski definition) is 1. The van der Waals surface area contributed by atoms with Crippen LogP contribution in [0.2, 0.25) is 0 Å². The predicted molar refractivity (Wildman–Crippen MR) is 145 cm³/mol. The molecule has 39 heavy (non-hydrogen) atoms. The third-order valence-corrected chi connectivity index (χ3v) is 6.73. The molecule has 3 aromatic heterocycles. The van der Waals surface area contributed by atoms with Gasteiger partial charge >= 0.3 is 0 Å². The monoisotopic (exact) mass is 529 g/mol. The number of aryl methyl sites for hydroxylation is 2. The van der Waals surface area contributed by atoms with Crippen molar-refractivity contribution in [1.82, 2.24) is 23.8 Å². The van der Waals surface area contributed by atoms with Crippen LogP contribution < -0.4 is 9.47 Å². The van der Waals surface area contributed by atoms with Crippen LogP contribution in [-0.2, 0) is 16.1 Å². The largest absolute Gasteiger partial charge is 0.505 e. The van der Waals surface area contributed by atoms with Crippen LogP contribution in [0.4, 0.5) is 0 Å². The number of rotatable bonds is 10. The van der Waals surface area contributed by atoms with E-state index in [4.69, 9.17) is 9.47 Å². The normalized spacial score (nSPS) is 16.8. The van der Waals surface area contributed by atoms with E-state index < -0.39 is 17.7 Å². The number of hydrogen-bond acceptors (Lipinski definition) is 7. The number of aromatic nitrogens is 4. The Labute approximate surface area is 226 Å². The molecule has 1 fully saturated rings. The summed E-state index contributed by atoms with van der Waals surface area (Å²) in [4.78, 5) is 37.1. The molecule has 1 aromatic carbocycles. The zero-order valence-electron chi connectivity index (χ0n) is 22.2. The minimum absolute atomic E-state index is 0.0167. The molecule has 10 heteroatoms. The van der Waals surface area contributed by atoms with Crippen molar-refractivity contribution in [2.45, 2.75) is 39.8 Å². The number of fused-ring (bicyclic) bond motifs is 1. The summed E-state index contributed by atoms with van der Waals surface area (Å²) in [5, 5.41) is 11.7. The van der Waals surface area contributed by atoms with Crippen molar-refractivity contribution in [3.63, 3.8) is 0 Å². The molecule has 1 N–H and O–H groups in total. The van der Waals surface area contributed by atoms with Gasteiger partial charge in [-0.3, -0.25) is 14.0 Å². The lowest BCUT2D eigenvalue weighted by molar-refractivity contribution is -0.139. The first-order valence-corrected chi connectivity index (χ1v) is 13.0. The lowest BCUT2D eigenvalue weighted by Gasteiger charge is -2.26. The number of carbonyl (C=O) groups is 2. The lowest BCUT2D eigenvalue weighted by atomic mass is 9.95. The molecule has 0 saturated carbocycles. The number of ketones is 1. The van der Waals surface area contributed by atoms with E-state index in [1.165, 1.54) is 4.90 Å². The number of carbonyl (C=O) groups excluding carboxylic acids is 2. The Morgan fingerprint density at radius 1 is 1.03 bits per heavy atom. The number of likely N-dealkylation sites (tertiary alicyclic amines) is 1. The highest BCUT2D eigenvalue weighted by atomic mass is 16.5. The van der Waals surface area contributed by atoms with Crippen LogP contribution in [-0.4, -0.2) is 60.4 Å². The maximum Gasteiger partial charge on any atom is 0.295 e. The standard InChI is InChI=1S/C29H31N5O5/c1-4-38-21-11-10-20(17-22(21)39-5-2)26-24(27(35)25-19(3)31-23-9-6-7-14-33(23)25)28(36)29(37)34(26)15-8-13-32-16-12-30-18-32/h6-7,9-12,14,16-18,26,35H,4-5,8,13,15H2,1-3H3/b27-24+. The highest BCUT2D eigenvalue weighted by Crippen LogP contribution is 2.42. The Kier molecular flexibility index (Phi) is 7.36. The van der Waals surface area contributed by atoms with Crippen molar-refractivity contribution < 1.29 is 24.2 Å². The summed E-state index contributed by atoms with van der Waals surface area (Å²) >= 11 is 0. The number of amides is 1. The van der Waals surface area contributed by atoms with Gasteiger partial charge in [0.15, 0.2) is 17.3 Å². The fraction of sp³-hybridized carbons (Fsp3) is 0.310. The van der Waals surface area contributed by atoms with E-state index in [0.29, 0.717) is 66.8 Å². The molecule has 1 atom stereocenters. The zero-order valence-corrected chi connectivity index (χ0v) is 22.2. The summed E-state index contributed by atoms with van der Waals surface area (Å²) in [5.74, 6) is -0.592. The van der Waals surface area contributed by atoms with Crippen molar-refractivity contribution in [1.29, 1.82) is 0 Å². The van der Waals surface area contributed by atoms with Gasteiger partial charge in [-0.1, -0.05) is 12.1 Å². The summed E-state index contributed by atoms with van der Waals surface area (Å²) in [6.07, 6.45) is 7.61. The maximum absolute atomic E-state index is 13.5. The van der Waals surface area contributed by atoms with E-state index in [1.807, 2.05) is 48.9 Å². The number of aliphatic hydroxyl groups excluding tert-OH is 1. The van der Waals surface area contributed by atoms with E-state index in [9.17, 15) is 14.7 Å². The summed E-state index contributed by atoms with van der Waals surface area (Å²) < 4.78 is 15.2. The molecular weight excluding hydrogens is 498 g/mol. The number of imidazole rings is 2. The van der Waals surface area contributed by atoms with Crippen LogP contribution in [0.3, 0.4) is 0 Å². The molecule has 202 valence electrons. The number of aliphatic hydroxyl groups is 1. The third-order valence-electron chi connectivity index (χ3n) is 6.73. The smallest absolute Gasteiger partial charge is 0.295 e. The number of pyridine rings is 1. The van der Waals surface area contributed by atoms with Gasteiger partial charge in [0, 0.05) is 31.7 Å². The number of nitrogens with zero attached hydrogens (tertiary/aromatic N) is 5. The Hall–Kier alpha value is -4.60. The van der Waals surface area contributed by atoms with Crippen molar-refractivity contribution in [3.8, 4) is 11.5 Å². The van der Waals surface area contributed by atoms with E-state index in [1.54, 1.807) is 42.2 Å². The minimum Gasteiger partial charge on any atom is -0.505 e. The van der Waals surface area contributed by atoms with Gasteiger partial charge in [-0.25, -0.2) is 9.97 Å². The Morgan fingerprint density at radius 3 is 2.56 bits per heavy atom. The van der Waals surface area contributed by atoms with Gasteiger partial charge < -0.3 is 24.0 Å². The van der Waals surface area contributed by atoms with Crippen LogP contribution in [0.5, 0.6) is 11.5 Å². The van der Waals surface area contributed by atoms with Crippen LogP contribution in [0, 0.1) is 6.92 Å². The van der Waals surface area contributed by atoms with Crippen LogP contribution in [0.25, 0.3) is 11.4 Å². The molecule has 0 spiro atoms. The molecule has 0 radical (unpaired) electrons. The second kappa shape index (κ2) is 11.0. The van der Waals surface area contributed by atoms with E-state index in [2.05, 4.69) is 9.97 Å². The fourth-order valence-corrected chi connectivity index (χ4v) is 5.06. The van der Waals surface area contributed by atoms with Crippen molar-refractivity contribution in [2.24, 2.45) is 0 Å². The summed E-state index contributed by atoms with van der Waals surface area (Å²) in [5.41, 5.74) is 2.20. The van der Waals surface area contributed by atoms with E-state index in [0.717, 1.165) is 0 Å². The molecule has 10 nitrogen and oxygen atoms in total.